The first kappa shape index (κ1) is 22.0. The van der Waals surface area contributed by atoms with E-state index >= 15 is 0 Å². The van der Waals surface area contributed by atoms with Gasteiger partial charge in [-0.1, -0.05) is 30.3 Å². The molecule has 1 heterocycles. The Morgan fingerprint density at radius 3 is 2.60 bits per heavy atom. The molecule has 0 aliphatic heterocycles. The van der Waals surface area contributed by atoms with Crippen LogP contribution in [0.1, 0.15) is 55.5 Å². The van der Waals surface area contributed by atoms with Crippen molar-refractivity contribution in [2.75, 3.05) is 13.6 Å². The predicted octanol–water partition coefficient (Wildman–Crippen LogP) is 2.35. The molecule has 30 heavy (non-hydrogen) atoms. The molecule has 2 amide bonds. The normalized spacial score (nSPS) is 24.1. The zero-order valence-corrected chi connectivity index (χ0v) is 18.0. The number of aryl methyl sites for hydroxylation is 1. The summed E-state index contributed by atoms with van der Waals surface area (Å²) in [6.07, 6.45) is 5.42. The molecule has 1 aliphatic carbocycles. The van der Waals surface area contributed by atoms with Crippen molar-refractivity contribution in [1.82, 2.24) is 20.0 Å². The maximum absolute atomic E-state index is 13.0. The van der Waals surface area contributed by atoms with Crippen molar-refractivity contribution in [2.24, 2.45) is 0 Å². The van der Waals surface area contributed by atoms with Gasteiger partial charge < -0.3 is 15.3 Å². The van der Waals surface area contributed by atoms with Crippen LogP contribution in [0.3, 0.4) is 0 Å². The number of hydrogen-bond acceptors (Lipinski definition) is 4. The van der Waals surface area contributed by atoms with Crippen LogP contribution >= 0.6 is 0 Å². The summed E-state index contributed by atoms with van der Waals surface area (Å²) in [6, 6.07) is 9.87. The second-order valence-electron chi connectivity index (χ2n) is 8.27. The summed E-state index contributed by atoms with van der Waals surface area (Å²) in [5.41, 5.74) is 1.42. The Bertz CT molecular complexity index is 866. The summed E-state index contributed by atoms with van der Waals surface area (Å²) in [5, 5.41) is 18.1. The number of hydrogen-bond donors (Lipinski definition) is 2. The summed E-state index contributed by atoms with van der Waals surface area (Å²) in [5.74, 6) is -0.195. The van der Waals surface area contributed by atoms with Gasteiger partial charge in [0.05, 0.1) is 23.9 Å². The van der Waals surface area contributed by atoms with Crippen LogP contribution in [0.5, 0.6) is 0 Å². The number of aliphatic hydroxyl groups is 1. The highest BCUT2D eigenvalue weighted by molar-refractivity contribution is 5.93. The van der Waals surface area contributed by atoms with E-state index in [1.807, 2.05) is 25.1 Å². The number of carbonyl (C=O) groups excluding carboxylic acids is 2. The third kappa shape index (κ3) is 4.73. The SMILES string of the molecule is CCn1cc(C(=O)N(C)[C@H]2CC[C@@](CNC(C)=O)(c3ccccc3)CC[C@@H]2O)cn1. The Labute approximate surface area is 178 Å². The number of amides is 2. The molecule has 0 unspecified atom stereocenters. The van der Waals surface area contributed by atoms with Crippen LogP contribution in [0.4, 0.5) is 0 Å². The molecule has 1 aromatic carbocycles. The number of nitrogens with one attached hydrogen (secondary N) is 1. The highest BCUT2D eigenvalue weighted by Gasteiger charge is 2.40. The Balaban J connectivity index is 1.81. The van der Waals surface area contributed by atoms with E-state index in [2.05, 4.69) is 22.5 Å². The first-order valence-electron chi connectivity index (χ1n) is 10.6. The minimum atomic E-state index is -0.622. The van der Waals surface area contributed by atoms with Gasteiger partial charge in [0.15, 0.2) is 0 Å². The standard InChI is InChI=1S/C23H32N4O3/c1-4-27-15-18(14-25-27)22(30)26(3)20-10-12-23(13-11-21(20)29,16-24-17(2)28)19-8-6-5-7-9-19/h5-9,14-15,20-21,29H,4,10-13,16H2,1-3H3,(H,24,28)/t20-,21-,23+/m0/s1. The fraction of sp³-hybridized carbons (Fsp3) is 0.522. The van der Waals surface area contributed by atoms with Gasteiger partial charge in [0.25, 0.3) is 5.91 Å². The second kappa shape index (κ2) is 9.43. The second-order valence-corrected chi connectivity index (χ2v) is 8.27. The highest BCUT2D eigenvalue weighted by atomic mass is 16.3. The molecule has 1 aromatic heterocycles. The Hall–Kier alpha value is -2.67. The predicted molar refractivity (Wildman–Crippen MR) is 115 cm³/mol. The van der Waals surface area contributed by atoms with Gasteiger partial charge in [-0.3, -0.25) is 14.3 Å². The monoisotopic (exact) mass is 412 g/mol. The third-order valence-electron chi connectivity index (χ3n) is 6.37. The molecule has 2 aromatic rings. The van der Waals surface area contributed by atoms with Gasteiger partial charge in [-0.2, -0.15) is 5.10 Å². The van der Waals surface area contributed by atoms with Gasteiger partial charge in [0.1, 0.15) is 0 Å². The number of carbonyl (C=O) groups is 2. The lowest BCUT2D eigenvalue weighted by atomic mass is 9.74. The van der Waals surface area contributed by atoms with Crippen LogP contribution in [0.2, 0.25) is 0 Å². The molecule has 1 aliphatic rings. The molecule has 0 radical (unpaired) electrons. The zero-order valence-electron chi connectivity index (χ0n) is 18.0. The van der Waals surface area contributed by atoms with E-state index in [4.69, 9.17) is 0 Å². The molecule has 2 N–H and O–H groups in total. The highest BCUT2D eigenvalue weighted by Crippen LogP contribution is 2.39. The van der Waals surface area contributed by atoms with Crippen LogP contribution < -0.4 is 5.32 Å². The maximum atomic E-state index is 13.0. The van der Waals surface area contributed by atoms with E-state index in [1.54, 1.807) is 29.0 Å². The van der Waals surface area contributed by atoms with Gasteiger partial charge in [-0.15, -0.1) is 0 Å². The van der Waals surface area contributed by atoms with E-state index in [0.29, 0.717) is 31.5 Å². The lowest BCUT2D eigenvalue weighted by molar-refractivity contribution is -0.119. The summed E-state index contributed by atoms with van der Waals surface area (Å²) in [6.45, 7) is 4.72. The summed E-state index contributed by atoms with van der Waals surface area (Å²) in [7, 11) is 1.75. The number of aliphatic hydroxyl groups excluding tert-OH is 1. The minimum Gasteiger partial charge on any atom is -0.391 e. The minimum absolute atomic E-state index is 0.0631. The van der Waals surface area contributed by atoms with Gasteiger partial charge in [0.2, 0.25) is 5.91 Å². The van der Waals surface area contributed by atoms with Gasteiger partial charge >= 0.3 is 0 Å². The topological polar surface area (TPSA) is 87.5 Å². The largest absolute Gasteiger partial charge is 0.391 e. The Morgan fingerprint density at radius 1 is 1.27 bits per heavy atom. The molecule has 7 heteroatoms. The Kier molecular flexibility index (Phi) is 6.92. The lowest BCUT2D eigenvalue weighted by Crippen LogP contribution is -2.44. The van der Waals surface area contributed by atoms with Crippen molar-refractivity contribution in [3.05, 3.63) is 53.9 Å². The van der Waals surface area contributed by atoms with Gasteiger partial charge in [-0.05, 0) is 38.2 Å². The number of rotatable bonds is 6. The molecule has 0 bridgehead atoms. The van der Waals surface area contributed by atoms with Crippen molar-refractivity contribution in [3.63, 3.8) is 0 Å². The summed E-state index contributed by atoms with van der Waals surface area (Å²) < 4.78 is 1.72. The van der Waals surface area contributed by atoms with Crippen molar-refractivity contribution >= 4 is 11.8 Å². The molecule has 0 spiro atoms. The number of benzene rings is 1. The van der Waals surface area contributed by atoms with Gasteiger partial charge in [-0.25, -0.2) is 0 Å². The van der Waals surface area contributed by atoms with Crippen LogP contribution in [-0.4, -0.2) is 57.3 Å². The van der Waals surface area contributed by atoms with E-state index < -0.39 is 6.10 Å². The average molecular weight is 413 g/mol. The average Bonchev–Trinajstić information content (AvgIpc) is 3.17. The first-order chi connectivity index (χ1) is 14.4. The fourth-order valence-corrected chi connectivity index (χ4v) is 4.46. The zero-order chi connectivity index (χ0) is 21.7. The first-order valence-corrected chi connectivity index (χ1v) is 10.6. The van der Waals surface area contributed by atoms with Crippen molar-refractivity contribution in [3.8, 4) is 0 Å². The van der Waals surface area contributed by atoms with Crippen molar-refractivity contribution in [2.45, 2.75) is 63.6 Å². The third-order valence-corrected chi connectivity index (χ3v) is 6.37. The van der Waals surface area contributed by atoms with Crippen LogP contribution in [0.15, 0.2) is 42.7 Å². The summed E-state index contributed by atoms with van der Waals surface area (Å²) in [4.78, 5) is 26.3. The molecule has 7 nitrogen and oxygen atoms in total. The molecule has 0 saturated heterocycles. The molecule has 3 atom stereocenters. The lowest BCUT2D eigenvalue weighted by Gasteiger charge is -2.34. The molecule has 3 rings (SSSR count). The van der Waals surface area contributed by atoms with Crippen LogP contribution in [-0.2, 0) is 16.8 Å². The molecular formula is C23H32N4O3. The Morgan fingerprint density at radius 2 is 1.97 bits per heavy atom. The molecule has 1 saturated carbocycles. The van der Waals surface area contributed by atoms with Crippen LogP contribution in [0.25, 0.3) is 0 Å². The van der Waals surface area contributed by atoms with E-state index in [0.717, 1.165) is 18.4 Å². The summed E-state index contributed by atoms with van der Waals surface area (Å²) >= 11 is 0. The van der Waals surface area contributed by atoms with E-state index in [9.17, 15) is 14.7 Å². The number of nitrogens with zero attached hydrogens (tertiary/aromatic N) is 3. The molecule has 162 valence electrons. The molecular weight excluding hydrogens is 380 g/mol. The van der Waals surface area contributed by atoms with E-state index in [-0.39, 0.29) is 23.3 Å². The van der Waals surface area contributed by atoms with Gasteiger partial charge in [0, 0.05) is 38.7 Å². The van der Waals surface area contributed by atoms with E-state index in [1.165, 1.54) is 6.92 Å². The van der Waals surface area contributed by atoms with Crippen LogP contribution in [0, 0.1) is 0 Å². The van der Waals surface area contributed by atoms with Crippen molar-refractivity contribution < 1.29 is 14.7 Å². The fourth-order valence-electron chi connectivity index (χ4n) is 4.46. The van der Waals surface area contributed by atoms with Crippen molar-refractivity contribution in [1.29, 1.82) is 0 Å². The quantitative estimate of drug-likeness (QED) is 0.713. The molecule has 1 fully saturated rings. The number of aromatic nitrogens is 2. The number of likely N-dealkylation sites (N-methyl/N-ethyl adjacent to an activating group) is 1. The maximum Gasteiger partial charge on any atom is 0.257 e. The smallest absolute Gasteiger partial charge is 0.257 e.